The van der Waals surface area contributed by atoms with Crippen LogP contribution in [0, 0.1) is 0 Å². The number of carbonyl (C=O) groups is 1. The zero-order chi connectivity index (χ0) is 18.7. The first-order valence-corrected chi connectivity index (χ1v) is 9.74. The fourth-order valence-corrected chi connectivity index (χ4v) is 3.80. The summed E-state index contributed by atoms with van der Waals surface area (Å²) in [6, 6.07) is 8.21. The van der Waals surface area contributed by atoms with Gasteiger partial charge in [0.2, 0.25) is 5.76 Å². The van der Waals surface area contributed by atoms with E-state index in [-0.39, 0.29) is 11.3 Å². The van der Waals surface area contributed by atoms with Crippen LogP contribution < -0.4 is 10.1 Å². The first-order chi connectivity index (χ1) is 13.2. The number of hydrogen-bond donors (Lipinski definition) is 1. The lowest BCUT2D eigenvalue weighted by atomic mass is 9.74. The Kier molecular flexibility index (Phi) is 5.16. The minimum Gasteiger partial charge on any atom is -0.494 e. The molecule has 6 heteroatoms. The second kappa shape index (κ2) is 7.72. The molecule has 0 bridgehead atoms. The maximum atomic E-state index is 12.7. The summed E-state index contributed by atoms with van der Waals surface area (Å²) in [4.78, 5) is 17.0. The molecule has 0 radical (unpaired) electrons. The lowest BCUT2D eigenvalue weighted by molar-refractivity contribution is 0.0484. The van der Waals surface area contributed by atoms with E-state index in [1.165, 1.54) is 12.0 Å². The Morgan fingerprint density at radius 2 is 2.00 bits per heavy atom. The van der Waals surface area contributed by atoms with Gasteiger partial charge in [0.05, 0.1) is 12.3 Å². The molecule has 2 fully saturated rings. The van der Waals surface area contributed by atoms with Crippen molar-refractivity contribution in [2.75, 3.05) is 26.4 Å². The van der Waals surface area contributed by atoms with E-state index in [0.29, 0.717) is 38.0 Å². The van der Waals surface area contributed by atoms with Crippen LogP contribution >= 0.6 is 0 Å². The van der Waals surface area contributed by atoms with Gasteiger partial charge >= 0.3 is 0 Å². The number of nitrogens with zero attached hydrogens (tertiary/aromatic N) is 1. The standard InChI is InChI=1S/C21H26N2O4/c1-2-26-17-7-5-16(6-8-17)21(9-11-25-12-10-21)13-22-20(24)19-18(15-3-4-15)23-14-27-19/h5-8,14-15H,2-4,9-13H2,1H3,(H,22,24). The highest BCUT2D eigenvalue weighted by molar-refractivity contribution is 5.92. The molecule has 2 heterocycles. The average Bonchev–Trinajstić information content (AvgIpc) is 3.44. The maximum absolute atomic E-state index is 12.7. The molecule has 1 amide bonds. The molecule has 4 rings (SSSR count). The topological polar surface area (TPSA) is 73.6 Å². The number of carbonyl (C=O) groups excluding carboxylic acids is 1. The highest BCUT2D eigenvalue weighted by atomic mass is 16.5. The molecule has 144 valence electrons. The molecular weight excluding hydrogens is 344 g/mol. The number of ether oxygens (including phenoxy) is 2. The van der Waals surface area contributed by atoms with Crippen LogP contribution in [0.1, 0.15) is 60.3 Å². The number of rotatable bonds is 7. The Bertz CT molecular complexity index is 774. The van der Waals surface area contributed by atoms with Crippen LogP contribution in [-0.4, -0.2) is 37.3 Å². The summed E-state index contributed by atoms with van der Waals surface area (Å²) in [7, 11) is 0. The van der Waals surface area contributed by atoms with E-state index in [4.69, 9.17) is 13.9 Å². The minimum atomic E-state index is -0.175. The summed E-state index contributed by atoms with van der Waals surface area (Å²) in [6.45, 7) is 4.56. The zero-order valence-corrected chi connectivity index (χ0v) is 15.7. The third-order valence-corrected chi connectivity index (χ3v) is 5.58. The van der Waals surface area contributed by atoms with Crippen LogP contribution in [0.4, 0.5) is 0 Å². The first-order valence-electron chi connectivity index (χ1n) is 9.74. The molecule has 1 aliphatic heterocycles. The van der Waals surface area contributed by atoms with Crippen molar-refractivity contribution < 1.29 is 18.7 Å². The van der Waals surface area contributed by atoms with Crippen LogP contribution in [0.5, 0.6) is 5.75 Å². The third-order valence-electron chi connectivity index (χ3n) is 5.58. The van der Waals surface area contributed by atoms with E-state index in [1.807, 2.05) is 19.1 Å². The summed E-state index contributed by atoms with van der Waals surface area (Å²) in [5.74, 6) is 1.44. The van der Waals surface area contributed by atoms with Crippen molar-refractivity contribution in [3.05, 3.63) is 47.7 Å². The summed E-state index contributed by atoms with van der Waals surface area (Å²) in [6.07, 6.45) is 5.28. The molecule has 1 saturated carbocycles. The van der Waals surface area contributed by atoms with Crippen LogP contribution in [0.2, 0.25) is 0 Å². The van der Waals surface area contributed by atoms with Crippen molar-refractivity contribution in [1.29, 1.82) is 0 Å². The van der Waals surface area contributed by atoms with Gasteiger partial charge in [-0.2, -0.15) is 0 Å². The van der Waals surface area contributed by atoms with Crippen LogP contribution in [0.3, 0.4) is 0 Å². The Morgan fingerprint density at radius 1 is 1.26 bits per heavy atom. The molecule has 1 aromatic carbocycles. The molecule has 27 heavy (non-hydrogen) atoms. The predicted molar refractivity (Wildman–Crippen MR) is 100 cm³/mol. The molecule has 1 saturated heterocycles. The smallest absolute Gasteiger partial charge is 0.289 e. The van der Waals surface area contributed by atoms with Crippen molar-refractivity contribution in [2.24, 2.45) is 0 Å². The van der Waals surface area contributed by atoms with Crippen LogP contribution in [-0.2, 0) is 10.2 Å². The summed E-state index contributed by atoms with van der Waals surface area (Å²) in [5, 5.41) is 3.10. The third kappa shape index (κ3) is 3.86. The average molecular weight is 370 g/mol. The van der Waals surface area contributed by atoms with Crippen molar-refractivity contribution in [3.63, 3.8) is 0 Å². The number of aromatic nitrogens is 1. The molecule has 0 spiro atoms. The zero-order valence-electron chi connectivity index (χ0n) is 15.7. The molecule has 1 N–H and O–H groups in total. The Labute approximate surface area is 159 Å². The van der Waals surface area contributed by atoms with Crippen molar-refractivity contribution in [3.8, 4) is 5.75 Å². The largest absolute Gasteiger partial charge is 0.494 e. The first kappa shape index (κ1) is 18.0. The van der Waals surface area contributed by atoms with Gasteiger partial charge in [-0.3, -0.25) is 4.79 Å². The SMILES string of the molecule is CCOc1ccc(C2(CNC(=O)c3ocnc3C3CC3)CCOCC2)cc1. The van der Waals surface area contributed by atoms with E-state index < -0.39 is 0 Å². The van der Waals surface area contributed by atoms with Crippen LogP contribution in [0.15, 0.2) is 35.1 Å². The monoisotopic (exact) mass is 370 g/mol. The van der Waals surface area contributed by atoms with E-state index in [2.05, 4.69) is 22.4 Å². The molecule has 2 aromatic rings. The van der Waals surface area contributed by atoms with Gasteiger partial charge in [-0.1, -0.05) is 12.1 Å². The molecule has 0 atom stereocenters. The maximum Gasteiger partial charge on any atom is 0.289 e. The van der Waals surface area contributed by atoms with Crippen LogP contribution in [0.25, 0.3) is 0 Å². The molecule has 6 nitrogen and oxygen atoms in total. The van der Waals surface area contributed by atoms with Gasteiger partial charge in [-0.05, 0) is 50.3 Å². The molecular formula is C21H26N2O4. The van der Waals surface area contributed by atoms with Gasteiger partial charge in [0.1, 0.15) is 5.75 Å². The molecule has 2 aliphatic rings. The van der Waals surface area contributed by atoms with E-state index in [9.17, 15) is 4.79 Å². The lowest BCUT2D eigenvalue weighted by Gasteiger charge is -2.38. The van der Waals surface area contributed by atoms with Crippen molar-refractivity contribution in [1.82, 2.24) is 10.3 Å². The van der Waals surface area contributed by atoms with Crippen molar-refractivity contribution >= 4 is 5.91 Å². The molecule has 0 unspecified atom stereocenters. The number of hydrogen-bond acceptors (Lipinski definition) is 5. The second-order valence-corrected chi connectivity index (χ2v) is 7.37. The quantitative estimate of drug-likeness (QED) is 0.808. The normalized spacial score (nSPS) is 18.9. The highest BCUT2D eigenvalue weighted by Gasteiger charge is 2.36. The Hall–Kier alpha value is -2.34. The Balaban J connectivity index is 1.50. The Morgan fingerprint density at radius 3 is 2.67 bits per heavy atom. The minimum absolute atomic E-state index is 0.140. The van der Waals surface area contributed by atoms with Gasteiger partial charge in [-0.25, -0.2) is 4.98 Å². The fourth-order valence-electron chi connectivity index (χ4n) is 3.80. The number of nitrogens with one attached hydrogen (secondary N) is 1. The van der Waals surface area contributed by atoms with Gasteiger partial charge in [0.25, 0.3) is 5.91 Å². The summed E-state index contributed by atoms with van der Waals surface area (Å²) < 4.78 is 16.5. The van der Waals surface area contributed by atoms with Gasteiger partial charge in [0.15, 0.2) is 6.39 Å². The lowest BCUT2D eigenvalue weighted by Crippen LogP contribution is -2.44. The van der Waals surface area contributed by atoms with Gasteiger partial charge in [0, 0.05) is 31.1 Å². The molecule has 1 aromatic heterocycles. The van der Waals surface area contributed by atoms with E-state index in [1.54, 1.807) is 0 Å². The summed E-state index contributed by atoms with van der Waals surface area (Å²) in [5.41, 5.74) is 1.86. The predicted octanol–water partition coefficient (Wildman–Crippen LogP) is 3.43. The van der Waals surface area contributed by atoms with Gasteiger partial charge in [-0.15, -0.1) is 0 Å². The fraction of sp³-hybridized carbons (Fsp3) is 0.524. The second-order valence-electron chi connectivity index (χ2n) is 7.37. The van der Waals surface area contributed by atoms with Gasteiger partial charge < -0.3 is 19.2 Å². The van der Waals surface area contributed by atoms with Crippen molar-refractivity contribution in [2.45, 2.75) is 43.9 Å². The highest BCUT2D eigenvalue weighted by Crippen LogP contribution is 2.41. The van der Waals surface area contributed by atoms with E-state index in [0.717, 1.165) is 37.1 Å². The number of amides is 1. The number of benzene rings is 1. The molecule has 1 aliphatic carbocycles. The van der Waals surface area contributed by atoms with E-state index >= 15 is 0 Å². The number of oxazole rings is 1. The summed E-state index contributed by atoms with van der Waals surface area (Å²) >= 11 is 0.